The number of carbonyl (C=O) groups excluding carboxylic acids is 1. The Morgan fingerprint density at radius 1 is 1.55 bits per heavy atom. The number of amides is 1. The molecular weight excluding hydrogens is 142 g/mol. The number of primary amides is 1. The Bertz CT molecular complexity index is 214. The summed E-state index contributed by atoms with van der Waals surface area (Å²) in [6, 6.07) is 0. The highest BCUT2D eigenvalue weighted by atomic mass is 16.1. The van der Waals surface area contributed by atoms with E-state index in [0.29, 0.717) is 0 Å². The van der Waals surface area contributed by atoms with Gasteiger partial charge in [0.05, 0.1) is 0 Å². The maximum atomic E-state index is 10.5. The second-order valence-corrected chi connectivity index (χ2v) is 2.08. The highest BCUT2D eigenvalue weighted by Gasteiger charge is 1.98. The van der Waals surface area contributed by atoms with Gasteiger partial charge >= 0.3 is 0 Å². The zero-order chi connectivity index (χ0) is 8.10. The molecule has 11 heavy (non-hydrogen) atoms. The SMILES string of the molecule is NC(=O)CN1C=CC=NC=C1. The van der Waals surface area contributed by atoms with Crippen molar-refractivity contribution in [2.24, 2.45) is 10.7 Å². The molecule has 4 heteroatoms. The van der Waals surface area contributed by atoms with Gasteiger partial charge in [-0.05, 0) is 6.08 Å². The van der Waals surface area contributed by atoms with Crippen molar-refractivity contribution in [1.82, 2.24) is 4.90 Å². The standard InChI is InChI=1S/C7H9N3O/c8-7(11)6-10-4-1-2-9-3-5-10/h1-5H,6H2,(H2,8,11). The van der Waals surface area contributed by atoms with Gasteiger partial charge in [-0.3, -0.25) is 9.79 Å². The van der Waals surface area contributed by atoms with Gasteiger partial charge in [-0.1, -0.05) is 0 Å². The Balaban J connectivity index is 2.53. The fourth-order valence-electron chi connectivity index (χ4n) is 0.708. The largest absolute Gasteiger partial charge is 0.368 e. The highest BCUT2D eigenvalue weighted by molar-refractivity contribution is 5.77. The third-order valence-corrected chi connectivity index (χ3v) is 1.13. The lowest BCUT2D eigenvalue weighted by Gasteiger charge is -2.10. The molecule has 1 aliphatic rings. The molecule has 1 heterocycles. The van der Waals surface area contributed by atoms with Gasteiger partial charge < -0.3 is 10.6 Å². The van der Waals surface area contributed by atoms with Crippen LogP contribution in [0.2, 0.25) is 0 Å². The normalized spacial score (nSPS) is 15.1. The van der Waals surface area contributed by atoms with Crippen molar-refractivity contribution in [1.29, 1.82) is 0 Å². The van der Waals surface area contributed by atoms with E-state index in [1.807, 2.05) is 0 Å². The Hall–Kier alpha value is -1.58. The second kappa shape index (κ2) is 3.55. The molecular formula is C7H9N3O. The lowest BCUT2D eigenvalue weighted by Crippen LogP contribution is -2.26. The first kappa shape index (κ1) is 7.53. The van der Waals surface area contributed by atoms with Crippen molar-refractivity contribution in [2.45, 2.75) is 0 Å². The van der Waals surface area contributed by atoms with Crippen LogP contribution in [0.5, 0.6) is 0 Å². The van der Waals surface area contributed by atoms with Crippen molar-refractivity contribution in [3.63, 3.8) is 0 Å². The zero-order valence-electron chi connectivity index (χ0n) is 5.97. The van der Waals surface area contributed by atoms with E-state index in [1.165, 1.54) is 0 Å². The molecule has 0 fully saturated rings. The Labute approximate surface area is 64.7 Å². The van der Waals surface area contributed by atoms with Gasteiger partial charge in [0, 0.05) is 24.8 Å². The lowest BCUT2D eigenvalue weighted by atomic mass is 10.5. The highest BCUT2D eigenvalue weighted by Crippen LogP contribution is 1.94. The fourth-order valence-corrected chi connectivity index (χ4v) is 0.708. The van der Waals surface area contributed by atoms with Gasteiger partial charge in [-0.25, -0.2) is 0 Å². The third kappa shape index (κ3) is 2.66. The molecule has 58 valence electrons. The summed E-state index contributed by atoms with van der Waals surface area (Å²) in [4.78, 5) is 16.0. The summed E-state index contributed by atoms with van der Waals surface area (Å²) in [5.41, 5.74) is 4.99. The Morgan fingerprint density at radius 3 is 3.09 bits per heavy atom. The average molecular weight is 151 g/mol. The minimum atomic E-state index is -0.360. The van der Waals surface area contributed by atoms with Gasteiger partial charge in [0.1, 0.15) is 6.54 Å². The summed E-state index contributed by atoms with van der Waals surface area (Å²) >= 11 is 0. The number of aliphatic imine (C=N–C) groups is 1. The molecule has 1 aliphatic heterocycles. The molecule has 1 amide bonds. The second-order valence-electron chi connectivity index (χ2n) is 2.08. The zero-order valence-corrected chi connectivity index (χ0v) is 5.97. The Kier molecular flexibility index (Phi) is 2.43. The van der Waals surface area contributed by atoms with Gasteiger partial charge in [0.25, 0.3) is 0 Å². The van der Waals surface area contributed by atoms with Crippen molar-refractivity contribution in [3.8, 4) is 0 Å². The number of allylic oxidation sites excluding steroid dienone is 1. The van der Waals surface area contributed by atoms with E-state index in [1.54, 1.807) is 35.8 Å². The van der Waals surface area contributed by atoms with Crippen LogP contribution in [-0.4, -0.2) is 23.6 Å². The van der Waals surface area contributed by atoms with E-state index in [0.717, 1.165) is 0 Å². The van der Waals surface area contributed by atoms with E-state index in [9.17, 15) is 4.79 Å². The van der Waals surface area contributed by atoms with E-state index < -0.39 is 0 Å². The molecule has 0 spiro atoms. The molecule has 1 rings (SSSR count). The van der Waals surface area contributed by atoms with E-state index in [4.69, 9.17) is 5.73 Å². The van der Waals surface area contributed by atoms with Crippen LogP contribution in [0, 0.1) is 0 Å². The van der Waals surface area contributed by atoms with Gasteiger partial charge in [-0.2, -0.15) is 0 Å². The van der Waals surface area contributed by atoms with Crippen molar-refractivity contribution in [3.05, 3.63) is 24.7 Å². The molecule has 2 N–H and O–H groups in total. The van der Waals surface area contributed by atoms with Crippen LogP contribution >= 0.6 is 0 Å². The summed E-state index contributed by atoms with van der Waals surface area (Å²) < 4.78 is 0. The van der Waals surface area contributed by atoms with Crippen LogP contribution in [0.1, 0.15) is 0 Å². The van der Waals surface area contributed by atoms with Crippen molar-refractivity contribution in [2.75, 3.05) is 6.54 Å². The molecule has 0 radical (unpaired) electrons. The van der Waals surface area contributed by atoms with Gasteiger partial charge in [0.15, 0.2) is 0 Å². The first-order valence-electron chi connectivity index (χ1n) is 3.20. The molecule has 0 saturated carbocycles. The van der Waals surface area contributed by atoms with E-state index >= 15 is 0 Å². The summed E-state index contributed by atoms with van der Waals surface area (Å²) in [5.74, 6) is -0.360. The predicted molar refractivity (Wildman–Crippen MR) is 42.7 cm³/mol. The van der Waals surface area contributed by atoms with Crippen LogP contribution in [0.15, 0.2) is 29.7 Å². The first-order chi connectivity index (χ1) is 5.29. The summed E-state index contributed by atoms with van der Waals surface area (Å²) in [6.07, 6.45) is 8.39. The number of hydrogen-bond donors (Lipinski definition) is 1. The first-order valence-corrected chi connectivity index (χ1v) is 3.20. The molecule has 0 aromatic heterocycles. The van der Waals surface area contributed by atoms with Crippen molar-refractivity contribution < 1.29 is 4.79 Å². The predicted octanol–water partition coefficient (Wildman–Crippen LogP) is -0.157. The number of nitrogens with two attached hydrogens (primary N) is 1. The van der Waals surface area contributed by atoms with Crippen LogP contribution in [-0.2, 0) is 4.79 Å². The molecule has 0 atom stereocenters. The average Bonchev–Trinajstić information content (AvgIpc) is 2.14. The summed E-state index contributed by atoms with van der Waals surface area (Å²) in [7, 11) is 0. The smallest absolute Gasteiger partial charge is 0.237 e. The third-order valence-electron chi connectivity index (χ3n) is 1.13. The minimum Gasteiger partial charge on any atom is -0.368 e. The van der Waals surface area contributed by atoms with Crippen LogP contribution < -0.4 is 5.73 Å². The minimum absolute atomic E-state index is 0.191. The van der Waals surface area contributed by atoms with Gasteiger partial charge in [0.2, 0.25) is 5.91 Å². The number of hydrogen-bond acceptors (Lipinski definition) is 3. The lowest BCUT2D eigenvalue weighted by molar-refractivity contribution is -0.118. The Morgan fingerprint density at radius 2 is 2.36 bits per heavy atom. The fraction of sp³-hybridized carbons (Fsp3) is 0.143. The van der Waals surface area contributed by atoms with E-state index in [-0.39, 0.29) is 12.5 Å². The quantitative estimate of drug-likeness (QED) is 0.596. The maximum absolute atomic E-state index is 10.5. The van der Waals surface area contributed by atoms with Crippen molar-refractivity contribution >= 4 is 12.1 Å². The van der Waals surface area contributed by atoms with Crippen LogP contribution in [0.4, 0.5) is 0 Å². The topological polar surface area (TPSA) is 58.7 Å². The molecule has 0 aromatic carbocycles. The molecule has 0 bridgehead atoms. The summed E-state index contributed by atoms with van der Waals surface area (Å²) in [5, 5.41) is 0. The number of nitrogens with zero attached hydrogens (tertiary/aromatic N) is 2. The molecule has 0 unspecified atom stereocenters. The molecule has 0 aliphatic carbocycles. The van der Waals surface area contributed by atoms with Crippen LogP contribution in [0.3, 0.4) is 0 Å². The molecule has 4 nitrogen and oxygen atoms in total. The van der Waals surface area contributed by atoms with Gasteiger partial charge in [-0.15, -0.1) is 0 Å². The molecule has 0 saturated heterocycles. The van der Waals surface area contributed by atoms with Crippen LogP contribution in [0.25, 0.3) is 0 Å². The summed E-state index contributed by atoms with van der Waals surface area (Å²) in [6.45, 7) is 0.191. The monoisotopic (exact) mass is 151 g/mol. The number of carbonyl (C=O) groups is 1. The molecule has 0 aromatic rings. The van der Waals surface area contributed by atoms with E-state index in [2.05, 4.69) is 4.99 Å². The number of rotatable bonds is 2. The maximum Gasteiger partial charge on any atom is 0.237 e.